The van der Waals surface area contributed by atoms with Gasteiger partial charge in [0.25, 0.3) is 5.91 Å². The molecule has 0 spiro atoms. The van der Waals surface area contributed by atoms with E-state index in [1.807, 2.05) is 60.7 Å². The Morgan fingerprint density at radius 2 is 1.51 bits per heavy atom. The second-order valence-electron chi connectivity index (χ2n) is 10.9. The van der Waals surface area contributed by atoms with Gasteiger partial charge in [-0.3, -0.25) is 19.4 Å². The number of benzene rings is 4. The lowest BCUT2D eigenvalue weighted by atomic mass is 10.00. The molecule has 1 fully saturated rings. The van der Waals surface area contributed by atoms with E-state index < -0.39 is 5.82 Å². The van der Waals surface area contributed by atoms with Gasteiger partial charge in [0.2, 0.25) is 5.91 Å². The van der Waals surface area contributed by atoms with Crippen molar-refractivity contribution in [3.63, 3.8) is 0 Å². The summed E-state index contributed by atoms with van der Waals surface area (Å²) < 4.78 is 13.9. The molecule has 4 aromatic carbocycles. The molecule has 2 N–H and O–H groups in total. The van der Waals surface area contributed by atoms with Crippen LogP contribution in [-0.2, 0) is 16.1 Å². The van der Waals surface area contributed by atoms with E-state index in [1.54, 1.807) is 18.0 Å². The Morgan fingerprint density at radius 1 is 0.860 bits per heavy atom. The summed E-state index contributed by atoms with van der Waals surface area (Å²) in [4.78, 5) is 32.5. The largest absolute Gasteiger partial charge is 0.354 e. The highest BCUT2D eigenvalue weighted by Crippen LogP contribution is 2.38. The number of rotatable bonds is 8. The minimum Gasteiger partial charge on any atom is -0.354 e. The lowest BCUT2D eigenvalue weighted by molar-refractivity contribution is -0.120. The van der Waals surface area contributed by atoms with Crippen LogP contribution in [0.1, 0.15) is 16.7 Å². The van der Waals surface area contributed by atoms with E-state index in [4.69, 9.17) is 0 Å². The van der Waals surface area contributed by atoms with E-state index in [9.17, 15) is 14.0 Å². The third kappa shape index (κ3) is 6.51. The van der Waals surface area contributed by atoms with Gasteiger partial charge in [-0.05, 0) is 53.6 Å². The number of nitrogens with zero attached hydrogens (tertiary/aromatic N) is 3. The van der Waals surface area contributed by atoms with Crippen LogP contribution in [0.15, 0.2) is 103 Å². The fourth-order valence-electron chi connectivity index (χ4n) is 5.58. The van der Waals surface area contributed by atoms with Crippen LogP contribution in [-0.4, -0.2) is 61.4 Å². The SMILES string of the molecule is CN(C(=O)CN1CCN(Cc2ccccc2)CC1)c1ccc(NC(=C2C(=O)Nc3cc(F)ccc32)c2ccccc2)cc1. The zero-order valence-electron chi connectivity index (χ0n) is 24.1. The van der Waals surface area contributed by atoms with E-state index in [-0.39, 0.29) is 11.8 Å². The number of fused-ring (bicyclic) bond motifs is 1. The zero-order chi connectivity index (χ0) is 29.8. The summed E-state index contributed by atoms with van der Waals surface area (Å²) in [5, 5.41) is 6.19. The molecule has 0 radical (unpaired) electrons. The molecule has 7 nitrogen and oxygen atoms in total. The second kappa shape index (κ2) is 12.6. The average molecular weight is 576 g/mol. The number of nitrogens with one attached hydrogen (secondary N) is 2. The molecule has 6 rings (SSSR count). The summed E-state index contributed by atoms with van der Waals surface area (Å²) in [6.45, 7) is 4.88. The van der Waals surface area contributed by atoms with Crippen LogP contribution in [0.3, 0.4) is 0 Å². The number of hydrogen-bond acceptors (Lipinski definition) is 5. The van der Waals surface area contributed by atoms with Crippen LogP contribution in [0.4, 0.5) is 21.5 Å². The smallest absolute Gasteiger partial charge is 0.258 e. The molecule has 0 bridgehead atoms. The van der Waals surface area contributed by atoms with E-state index in [0.29, 0.717) is 29.1 Å². The minimum absolute atomic E-state index is 0.0378. The Balaban J connectivity index is 1.12. The van der Waals surface area contributed by atoms with E-state index >= 15 is 0 Å². The molecule has 0 unspecified atom stereocenters. The summed E-state index contributed by atoms with van der Waals surface area (Å²) in [6.07, 6.45) is 0. The standard InChI is InChI=1S/C35H34FN5O2/c1-39(32(42)24-41-20-18-40(19-21-41)23-25-8-4-2-5-9-25)29-15-13-28(14-16-29)37-34(26-10-6-3-7-11-26)33-30-17-12-27(36)22-31(30)38-35(33)43/h2-17,22,37H,18-21,23-24H2,1H3,(H,38,43). The summed E-state index contributed by atoms with van der Waals surface area (Å²) in [7, 11) is 1.80. The van der Waals surface area contributed by atoms with Crippen molar-refractivity contribution in [1.82, 2.24) is 9.80 Å². The van der Waals surface area contributed by atoms with Crippen molar-refractivity contribution in [2.45, 2.75) is 6.54 Å². The second-order valence-corrected chi connectivity index (χ2v) is 10.9. The maximum Gasteiger partial charge on any atom is 0.258 e. The molecule has 0 atom stereocenters. The van der Waals surface area contributed by atoms with Gasteiger partial charge in [0.05, 0.1) is 23.5 Å². The maximum absolute atomic E-state index is 13.9. The van der Waals surface area contributed by atoms with Crippen LogP contribution in [0.2, 0.25) is 0 Å². The van der Waals surface area contributed by atoms with Gasteiger partial charge in [0.15, 0.2) is 0 Å². The van der Waals surface area contributed by atoms with E-state index in [0.717, 1.165) is 49.7 Å². The van der Waals surface area contributed by atoms with Crippen LogP contribution in [0.5, 0.6) is 0 Å². The normalized spacial score (nSPS) is 16.4. The fraction of sp³-hybridized carbons (Fsp3) is 0.200. The van der Waals surface area contributed by atoms with Gasteiger partial charge in [-0.1, -0.05) is 60.7 Å². The summed E-state index contributed by atoms with van der Waals surface area (Å²) >= 11 is 0. The summed E-state index contributed by atoms with van der Waals surface area (Å²) in [6, 6.07) is 31.9. The Labute approximate surface area is 251 Å². The molecule has 0 aromatic heterocycles. The van der Waals surface area contributed by atoms with Gasteiger partial charge in [0, 0.05) is 56.7 Å². The number of halogens is 1. The number of carbonyl (C=O) groups excluding carboxylic acids is 2. The van der Waals surface area contributed by atoms with Gasteiger partial charge < -0.3 is 15.5 Å². The molecular formula is C35H34FN5O2. The Hall–Kier alpha value is -4.79. The average Bonchev–Trinajstić information content (AvgIpc) is 3.36. The molecule has 2 amide bonds. The molecule has 2 aliphatic heterocycles. The first-order chi connectivity index (χ1) is 20.9. The van der Waals surface area contributed by atoms with Gasteiger partial charge in [-0.2, -0.15) is 0 Å². The van der Waals surface area contributed by atoms with Crippen molar-refractivity contribution in [2.75, 3.05) is 55.3 Å². The van der Waals surface area contributed by atoms with Crippen LogP contribution < -0.4 is 15.5 Å². The first kappa shape index (κ1) is 28.3. The maximum atomic E-state index is 13.9. The van der Waals surface area contributed by atoms with Gasteiger partial charge in [-0.15, -0.1) is 0 Å². The number of amides is 2. The predicted molar refractivity (Wildman–Crippen MR) is 170 cm³/mol. The molecule has 218 valence electrons. The summed E-state index contributed by atoms with van der Waals surface area (Å²) in [5.74, 6) is -0.667. The predicted octanol–water partition coefficient (Wildman–Crippen LogP) is 5.54. The molecule has 2 aliphatic rings. The molecule has 43 heavy (non-hydrogen) atoms. The number of hydrogen-bond donors (Lipinski definition) is 2. The number of likely N-dealkylation sites (N-methyl/N-ethyl adjacent to an activating group) is 1. The molecule has 8 heteroatoms. The molecule has 4 aromatic rings. The van der Waals surface area contributed by atoms with Crippen molar-refractivity contribution in [3.05, 3.63) is 126 Å². The highest BCUT2D eigenvalue weighted by atomic mass is 19.1. The molecule has 0 saturated carbocycles. The van der Waals surface area contributed by atoms with Crippen LogP contribution in [0.25, 0.3) is 11.3 Å². The summed E-state index contributed by atoms with van der Waals surface area (Å²) in [5.41, 5.74) is 5.83. The van der Waals surface area contributed by atoms with Crippen molar-refractivity contribution < 1.29 is 14.0 Å². The monoisotopic (exact) mass is 575 g/mol. The molecular weight excluding hydrogens is 541 g/mol. The number of carbonyl (C=O) groups is 2. The van der Waals surface area contributed by atoms with Crippen molar-refractivity contribution >= 4 is 40.1 Å². The third-order valence-electron chi connectivity index (χ3n) is 8.01. The lowest BCUT2D eigenvalue weighted by Crippen LogP contribution is -2.49. The molecule has 1 saturated heterocycles. The third-order valence-corrected chi connectivity index (χ3v) is 8.01. The van der Waals surface area contributed by atoms with E-state index in [1.165, 1.54) is 17.7 Å². The van der Waals surface area contributed by atoms with Crippen LogP contribution in [0, 0.1) is 5.82 Å². The lowest BCUT2D eigenvalue weighted by Gasteiger charge is -2.35. The molecule has 0 aliphatic carbocycles. The van der Waals surface area contributed by atoms with Crippen molar-refractivity contribution in [1.29, 1.82) is 0 Å². The first-order valence-corrected chi connectivity index (χ1v) is 14.5. The quantitative estimate of drug-likeness (QED) is 0.270. The van der Waals surface area contributed by atoms with Gasteiger partial charge in [0.1, 0.15) is 5.82 Å². The Morgan fingerprint density at radius 3 is 2.21 bits per heavy atom. The zero-order valence-corrected chi connectivity index (χ0v) is 24.1. The topological polar surface area (TPSA) is 67.9 Å². The van der Waals surface area contributed by atoms with Crippen molar-refractivity contribution in [3.8, 4) is 0 Å². The van der Waals surface area contributed by atoms with Gasteiger partial charge >= 0.3 is 0 Å². The van der Waals surface area contributed by atoms with Gasteiger partial charge in [-0.25, -0.2) is 4.39 Å². The van der Waals surface area contributed by atoms with E-state index in [2.05, 4.69) is 44.7 Å². The Bertz CT molecular complexity index is 1630. The fourth-order valence-corrected chi connectivity index (χ4v) is 5.58. The minimum atomic E-state index is -0.408. The number of piperazine rings is 1. The highest BCUT2D eigenvalue weighted by Gasteiger charge is 2.29. The van der Waals surface area contributed by atoms with Crippen LogP contribution >= 0.6 is 0 Å². The Kier molecular flexibility index (Phi) is 8.31. The number of anilines is 3. The first-order valence-electron chi connectivity index (χ1n) is 14.5. The molecule has 2 heterocycles. The highest BCUT2D eigenvalue weighted by molar-refractivity contribution is 6.37. The van der Waals surface area contributed by atoms with Crippen molar-refractivity contribution in [2.24, 2.45) is 0 Å².